The average Bonchev–Trinajstić information content (AvgIpc) is 2.23. The van der Waals surface area contributed by atoms with Gasteiger partial charge in [-0.25, -0.2) is 0 Å². The summed E-state index contributed by atoms with van der Waals surface area (Å²) in [4.78, 5) is 0. The van der Waals surface area contributed by atoms with Gasteiger partial charge in [0.15, 0.2) is 8.32 Å². The molecule has 0 fully saturated rings. The molecule has 0 aliphatic carbocycles. The van der Waals surface area contributed by atoms with Gasteiger partial charge in [0.2, 0.25) is 0 Å². The van der Waals surface area contributed by atoms with Gasteiger partial charge in [-0.3, -0.25) is 0 Å². The third-order valence-electron chi connectivity index (χ3n) is 2.34. The van der Waals surface area contributed by atoms with Crippen molar-refractivity contribution >= 4 is 16.9 Å². The topological polar surface area (TPSA) is 79.2 Å². The van der Waals surface area contributed by atoms with Gasteiger partial charge in [0.25, 0.3) is 0 Å². The molecule has 0 heterocycles. The Morgan fingerprint density at radius 1 is 1.18 bits per heavy atom. The highest BCUT2D eigenvalue weighted by Gasteiger charge is 2.41. The van der Waals surface area contributed by atoms with Crippen LogP contribution >= 0.6 is 0 Å². The zero-order chi connectivity index (χ0) is 13.5. The predicted molar refractivity (Wildman–Crippen MR) is 71.6 cm³/mol. The van der Waals surface area contributed by atoms with Crippen LogP contribution in [0.3, 0.4) is 0 Å². The minimum absolute atomic E-state index is 0.0857. The number of aliphatic hydroxyl groups excluding tert-OH is 3. The molecule has 2 atom stereocenters. The van der Waals surface area contributed by atoms with Crippen molar-refractivity contribution in [2.45, 2.75) is 44.3 Å². The van der Waals surface area contributed by atoms with Gasteiger partial charge in [0, 0.05) is 19.8 Å². The van der Waals surface area contributed by atoms with Crippen molar-refractivity contribution in [3.8, 4) is 0 Å². The predicted octanol–water partition coefficient (Wildman–Crippen LogP) is 0.662. The van der Waals surface area contributed by atoms with Gasteiger partial charge in [0.1, 0.15) is 0 Å². The third-order valence-corrected chi connectivity index (χ3v) is 9.23. The highest BCUT2D eigenvalue weighted by atomic mass is 28.4. The Kier molecular flexibility index (Phi) is 7.73. The van der Waals surface area contributed by atoms with Gasteiger partial charge in [-0.05, 0) is 32.1 Å². The van der Waals surface area contributed by atoms with E-state index in [9.17, 15) is 5.11 Å². The maximum Gasteiger partial charge on any atom is 0.330 e. The Labute approximate surface area is 106 Å². The number of rotatable bonds is 9. The van der Waals surface area contributed by atoms with Gasteiger partial charge < -0.3 is 23.9 Å². The lowest BCUT2D eigenvalue weighted by molar-refractivity contribution is 0.0996. The monoisotopic (exact) mass is 282 g/mol. The zero-order valence-corrected chi connectivity index (χ0v) is 13.3. The minimum Gasteiger partial charge on any atom is -0.436 e. The third kappa shape index (κ3) is 7.29. The molecule has 5 nitrogen and oxygen atoms in total. The lowest BCUT2D eigenvalue weighted by Crippen LogP contribution is -2.51. The summed E-state index contributed by atoms with van der Waals surface area (Å²) in [5.41, 5.74) is 0. The van der Waals surface area contributed by atoms with Crippen molar-refractivity contribution < 1.29 is 23.9 Å². The molecule has 104 valence electrons. The first-order valence-corrected chi connectivity index (χ1v) is 11.6. The maximum absolute atomic E-state index is 9.60. The maximum atomic E-state index is 9.60. The van der Waals surface area contributed by atoms with Crippen LogP contribution in [0.5, 0.6) is 0 Å². The first-order chi connectivity index (χ1) is 7.78. The van der Waals surface area contributed by atoms with Crippen LogP contribution in [0.1, 0.15) is 6.42 Å². The van der Waals surface area contributed by atoms with Crippen molar-refractivity contribution in [3.63, 3.8) is 0 Å². The Morgan fingerprint density at radius 3 is 2.12 bits per heavy atom. The summed E-state index contributed by atoms with van der Waals surface area (Å²) in [7, 11) is -2.71. The van der Waals surface area contributed by atoms with E-state index < -0.39 is 23.0 Å². The van der Waals surface area contributed by atoms with Crippen LogP contribution in [-0.4, -0.2) is 58.6 Å². The number of aliphatic hydroxyl groups is 3. The van der Waals surface area contributed by atoms with E-state index in [1.54, 1.807) is 7.11 Å². The van der Waals surface area contributed by atoms with Crippen LogP contribution in [0.4, 0.5) is 0 Å². The summed E-state index contributed by atoms with van der Waals surface area (Å²) in [6.07, 6.45) is -0.209. The molecule has 17 heavy (non-hydrogen) atoms. The number of hydrogen-bond donors (Lipinski definition) is 3. The molecule has 0 aromatic rings. The molecule has 0 spiro atoms. The summed E-state index contributed by atoms with van der Waals surface area (Å²) < 4.78 is 11.7. The second-order valence-electron chi connectivity index (χ2n) is 5.20. The van der Waals surface area contributed by atoms with Gasteiger partial charge in [0.05, 0.1) is 12.7 Å². The van der Waals surface area contributed by atoms with Crippen molar-refractivity contribution in [2.75, 3.05) is 20.3 Å². The van der Waals surface area contributed by atoms with Crippen molar-refractivity contribution in [1.29, 1.82) is 0 Å². The Balaban J connectivity index is 4.73. The van der Waals surface area contributed by atoms with Crippen LogP contribution in [0, 0.1) is 0 Å². The fraction of sp³-hybridized carbons (Fsp3) is 1.00. The average molecular weight is 282 g/mol. The molecule has 0 saturated heterocycles. The van der Waals surface area contributed by atoms with Gasteiger partial charge in [-0.1, -0.05) is 0 Å². The summed E-state index contributed by atoms with van der Waals surface area (Å²) in [5, 5.41) is 27.5. The van der Waals surface area contributed by atoms with Crippen LogP contribution in [0.15, 0.2) is 0 Å². The highest BCUT2D eigenvalue weighted by Crippen LogP contribution is 2.26. The smallest absolute Gasteiger partial charge is 0.330 e. The Hall–Kier alpha value is 0.234. The van der Waals surface area contributed by atoms with Crippen LogP contribution < -0.4 is 0 Å². The molecule has 0 aromatic carbocycles. The van der Waals surface area contributed by atoms with Crippen LogP contribution in [0.2, 0.25) is 31.7 Å². The molecule has 0 amide bonds. The van der Waals surface area contributed by atoms with Crippen LogP contribution in [0.25, 0.3) is 0 Å². The molecule has 0 aliphatic heterocycles. The highest BCUT2D eigenvalue weighted by molar-refractivity contribution is 6.82. The SMILES string of the molecule is CO[Si](CCCO)(CC(O)CO)O[Si](C)(C)C. The molecule has 0 rings (SSSR count). The lowest BCUT2D eigenvalue weighted by atomic mass is 10.4. The normalized spacial score (nSPS) is 17.8. The lowest BCUT2D eigenvalue weighted by Gasteiger charge is -2.36. The quantitative estimate of drug-likeness (QED) is 0.542. The fourth-order valence-electron chi connectivity index (χ4n) is 1.75. The zero-order valence-electron chi connectivity index (χ0n) is 11.3. The van der Waals surface area contributed by atoms with Crippen molar-refractivity contribution in [2.24, 2.45) is 0 Å². The first-order valence-electron chi connectivity index (χ1n) is 5.93. The molecule has 0 aliphatic rings. The molecule has 0 radical (unpaired) electrons. The summed E-state index contributed by atoms with van der Waals surface area (Å²) >= 11 is 0. The second-order valence-corrected chi connectivity index (χ2v) is 13.4. The van der Waals surface area contributed by atoms with E-state index in [4.69, 9.17) is 18.8 Å². The molecular formula is C10H26O5Si2. The standard InChI is InChI=1S/C10H26O5Si2/c1-14-17(7-5-6-11,9-10(13)8-12)15-16(2,3)4/h10-13H,5-9H2,1-4H3. The van der Waals surface area contributed by atoms with Gasteiger partial charge >= 0.3 is 8.56 Å². The summed E-state index contributed by atoms with van der Waals surface area (Å²) in [5.74, 6) is 0. The Bertz CT molecular complexity index is 209. The summed E-state index contributed by atoms with van der Waals surface area (Å²) in [6, 6.07) is 0.992. The van der Waals surface area contributed by atoms with Gasteiger partial charge in [-0.2, -0.15) is 0 Å². The molecule has 7 heteroatoms. The van der Waals surface area contributed by atoms with E-state index in [1.807, 2.05) is 0 Å². The fourth-order valence-corrected chi connectivity index (χ4v) is 9.41. The second kappa shape index (κ2) is 7.62. The van der Waals surface area contributed by atoms with E-state index in [-0.39, 0.29) is 13.2 Å². The molecule has 3 N–H and O–H groups in total. The van der Waals surface area contributed by atoms with Crippen LogP contribution in [-0.2, 0) is 8.54 Å². The minimum atomic E-state index is -2.52. The van der Waals surface area contributed by atoms with E-state index in [0.717, 1.165) is 0 Å². The van der Waals surface area contributed by atoms with E-state index in [2.05, 4.69) is 19.6 Å². The van der Waals surface area contributed by atoms with Gasteiger partial charge in [-0.15, -0.1) is 0 Å². The molecule has 0 bridgehead atoms. The van der Waals surface area contributed by atoms with E-state index in [0.29, 0.717) is 18.5 Å². The van der Waals surface area contributed by atoms with Crippen molar-refractivity contribution in [3.05, 3.63) is 0 Å². The first kappa shape index (κ1) is 17.2. The molecule has 0 aromatic heterocycles. The molecule has 0 saturated carbocycles. The Morgan fingerprint density at radius 2 is 1.76 bits per heavy atom. The summed E-state index contributed by atoms with van der Waals surface area (Å²) in [6.45, 7) is 6.00. The molecular weight excluding hydrogens is 256 g/mol. The number of hydrogen-bond acceptors (Lipinski definition) is 5. The van der Waals surface area contributed by atoms with Crippen molar-refractivity contribution in [1.82, 2.24) is 0 Å². The largest absolute Gasteiger partial charge is 0.436 e. The van der Waals surface area contributed by atoms with E-state index >= 15 is 0 Å². The molecule has 2 unspecified atom stereocenters. The van der Waals surface area contributed by atoms with E-state index in [1.165, 1.54) is 0 Å².